The topological polar surface area (TPSA) is 161 Å². The SMILES string of the molecule is C.CNC(=O)C(Cc1ccc(-c2c(C)noc2C)cc1)NC(=O)c1ccc(OC(C)C)c(Cl)c1.CNC(=O)C(Cc1ccc(Br)cc1)NC(=O)c1ccc(OC(C)C)c(Cl)c1. The van der Waals surface area contributed by atoms with E-state index in [0.29, 0.717) is 45.5 Å². The van der Waals surface area contributed by atoms with Crippen molar-refractivity contribution in [2.75, 3.05) is 14.1 Å². The van der Waals surface area contributed by atoms with Gasteiger partial charge >= 0.3 is 0 Å². The average molecular weight is 940 g/mol. The summed E-state index contributed by atoms with van der Waals surface area (Å²) in [5.41, 5.74) is 5.30. The maximum atomic E-state index is 12.8. The number of carbonyl (C=O) groups is 4. The Bertz CT molecular complexity index is 2240. The van der Waals surface area contributed by atoms with E-state index < -0.39 is 18.0 Å². The van der Waals surface area contributed by atoms with Crippen LogP contribution in [0.2, 0.25) is 10.0 Å². The predicted molar refractivity (Wildman–Crippen MR) is 245 cm³/mol. The summed E-state index contributed by atoms with van der Waals surface area (Å²) in [6.07, 6.45) is 0.644. The van der Waals surface area contributed by atoms with Crippen molar-refractivity contribution in [1.82, 2.24) is 26.4 Å². The van der Waals surface area contributed by atoms with Crippen LogP contribution in [0.15, 0.2) is 93.9 Å². The second-order valence-electron chi connectivity index (χ2n) is 14.3. The minimum absolute atomic E-state index is 0. The Kier molecular flexibility index (Phi) is 19.3. The molecule has 1 heterocycles. The number of nitrogens with one attached hydrogen (secondary N) is 4. The molecule has 5 rings (SSSR count). The van der Waals surface area contributed by atoms with Crippen molar-refractivity contribution in [3.8, 4) is 22.6 Å². The van der Waals surface area contributed by atoms with Gasteiger partial charge in [-0.3, -0.25) is 19.2 Å². The van der Waals surface area contributed by atoms with Crippen molar-refractivity contribution in [2.24, 2.45) is 0 Å². The van der Waals surface area contributed by atoms with Gasteiger partial charge in [-0.05, 0) is 107 Å². The number of amides is 4. The van der Waals surface area contributed by atoms with Crippen LogP contribution in [0.5, 0.6) is 11.5 Å². The highest BCUT2D eigenvalue weighted by Gasteiger charge is 2.23. The van der Waals surface area contributed by atoms with Crippen molar-refractivity contribution in [3.05, 3.63) is 133 Å². The largest absolute Gasteiger partial charge is 0.489 e. The summed E-state index contributed by atoms with van der Waals surface area (Å²) in [7, 11) is 3.08. The number of carbonyl (C=O) groups excluding carboxylic acids is 4. The third kappa shape index (κ3) is 14.7. The quantitative estimate of drug-likeness (QED) is 0.0809. The minimum atomic E-state index is -0.752. The van der Waals surface area contributed by atoms with E-state index in [1.54, 1.807) is 24.3 Å². The number of likely N-dealkylation sites (N-methyl/N-ethyl adjacent to an activating group) is 2. The summed E-state index contributed by atoms with van der Waals surface area (Å²) in [6.45, 7) is 11.3. The average Bonchev–Trinajstić information content (AvgIpc) is 3.55. The lowest BCUT2D eigenvalue weighted by Gasteiger charge is -2.18. The summed E-state index contributed by atoms with van der Waals surface area (Å²) in [6, 6.07) is 23.5. The number of benzene rings is 4. The number of aryl methyl sites for hydroxylation is 2. The number of hydrogen-bond donors (Lipinski definition) is 4. The molecular formula is C46H54BrCl2N5O7. The molecule has 2 unspecified atom stereocenters. The van der Waals surface area contributed by atoms with Crippen molar-refractivity contribution in [2.45, 2.75) is 86.1 Å². The molecule has 326 valence electrons. The number of ether oxygens (including phenoxy) is 2. The molecule has 1 aromatic heterocycles. The first-order chi connectivity index (χ1) is 28.5. The summed E-state index contributed by atoms with van der Waals surface area (Å²) in [5.74, 6) is 0.443. The molecule has 5 aromatic rings. The summed E-state index contributed by atoms with van der Waals surface area (Å²) >= 11 is 15.8. The third-order valence-electron chi connectivity index (χ3n) is 8.92. The smallest absolute Gasteiger partial charge is 0.251 e. The lowest BCUT2D eigenvalue weighted by atomic mass is 9.99. The number of nitrogens with zero attached hydrogens (tertiary/aromatic N) is 1. The lowest BCUT2D eigenvalue weighted by molar-refractivity contribution is -0.123. The van der Waals surface area contributed by atoms with Gasteiger partial charge in [0.15, 0.2) is 0 Å². The first-order valence-corrected chi connectivity index (χ1v) is 20.8. The van der Waals surface area contributed by atoms with Gasteiger partial charge in [0, 0.05) is 48.1 Å². The second-order valence-corrected chi connectivity index (χ2v) is 16.1. The summed E-state index contributed by atoms with van der Waals surface area (Å²) in [4.78, 5) is 50.1. The Morgan fingerprint density at radius 3 is 1.43 bits per heavy atom. The molecule has 0 saturated heterocycles. The van der Waals surface area contributed by atoms with Crippen LogP contribution in [0.25, 0.3) is 11.1 Å². The fourth-order valence-electron chi connectivity index (χ4n) is 6.03. The molecular weight excluding hydrogens is 885 g/mol. The number of rotatable bonds is 15. The molecule has 4 aromatic carbocycles. The van der Waals surface area contributed by atoms with E-state index >= 15 is 0 Å². The molecule has 0 fully saturated rings. The van der Waals surface area contributed by atoms with Crippen LogP contribution < -0.4 is 30.7 Å². The molecule has 0 aliphatic carbocycles. The van der Waals surface area contributed by atoms with E-state index in [0.717, 1.165) is 38.2 Å². The van der Waals surface area contributed by atoms with E-state index in [1.165, 1.54) is 26.2 Å². The van der Waals surface area contributed by atoms with Gasteiger partial charge in [0.1, 0.15) is 29.3 Å². The van der Waals surface area contributed by atoms with Gasteiger partial charge in [0.25, 0.3) is 11.8 Å². The van der Waals surface area contributed by atoms with Gasteiger partial charge < -0.3 is 35.3 Å². The second kappa shape index (κ2) is 23.6. The fourth-order valence-corrected chi connectivity index (χ4v) is 6.74. The molecule has 0 bridgehead atoms. The first-order valence-electron chi connectivity index (χ1n) is 19.2. The summed E-state index contributed by atoms with van der Waals surface area (Å²) in [5, 5.41) is 15.5. The van der Waals surface area contributed by atoms with Crippen molar-refractivity contribution in [1.29, 1.82) is 0 Å². The Balaban J connectivity index is 0.000000327. The first kappa shape index (κ1) is 50.0. The molecule has 4 amide bonds. The zero-order valence-electron chi connectivity index (χ0n) is 34.7. The Hall–Kier alpha value is -5.37. The maximum absolute atomic E-state index is 12.8. The number of hydrogen-bond acceptors (Lipinski definition) is 8. The molecule has 12 nitrogen and oxygen atoms in total. The molecule has 61 heavy (non-hydrogen) atoms. The van der Waals surface area contributed by atoms with Crippen molar-refractivity contribution in [3.63, 3.8) is 0 Å². The number of halogens is 3. The Labute approximate surface area is 376 Å². The van der Waals surface area contributed by atoms with Gasteiger partial charge in [0.05, 0.1) is 27.9 Å². The van der Waals surface area contributed by atoms with Crippen molar-refractivity contribution < 1.29 is 33.2 Å². The van der Waals surface area contributed by atoms with E-state index in [9.17, 15) is 19.2 Å². The monoisotopic (exact) mass is 937 g/mol. The van der Waals surface area contributed by atoms with E-state index in [-0.39, 0.29) is 37.4 Å². The highest BCUT2D eigenvalue weighted by atomic mass is 79.9. The normalized spacial score (nSPS) is 11.6. The molecule has 15 heteroatoms. The molecule has 2 atom stereocenters. The highest BCUT2D eigenvalue weighted by molar-refractivity contribution is 9.10. The van der Waals surface area contributed by atoms with Crippen LogP contribution in [0.1, 0.15) is 78.4 Å². The van der Waals surface area contributed by atoms with Crippen LogP contribution in [-0.2, 0) is 22.4 Å². The highest BCUT2D eigenvalue weighted by Crippen LogP contribution is 2.29. The zero-order chi connectivity index (χ0) is 44.1. The molecule has 0 aliphatic rings. The minimum Gasteiger partial charge on any atom is -0.489 e. The number of aromatic nitrogens is 1. The van der Waals surface area contributed by atoms with Gasteiger partial charge in [-0.25, -0.2) is 0 Å². The maximum Gasteiger partial charge on any atom is 0.251 e. The van der Waals surface area contributed by atoms with Gasteiger partial charge in [-0.2, -0.15) is 0 Å². The fraction of sp³-hybridized carbons (Fsp3) is 0.326. The molecule has 0 radical (unpaired) electrons. The predicted octanol–water partition coefficient (Wildman–Crippen LogP) is 9.10. The van der Waals surface area contributed by atoms with E-state index in [4.69, 9.17) is 37.2 Å². The van der Waals surface area contributed by atoms with Gasteiger partial charge in [-0.15, -0.1) is 0 Å². The van der Waals surface area contributed by atoms with E-state index in [1.807, 2.05) is 90.1 Å². The lowest BCUT2D eigenvalue weighted by Crippen LogP contribution is -2.47. The molecule has 4 N–H and O–H groups in total. The standard InChI is InChI=1S/C25H28ClN3O4.C20H22BrClN2O3.CH4/c1-14(2)32-22-11-10-19(13-20(22)26)24(30)28-21(25(31)27-5)12-17-6-8-18(9-7-17)23-15(3)29-33-16(23)4;1-12(2)27-18-9-6-14(11-16(18)22)19(25)24-17(20(26)23-3)10-13-4-7-15(21)8-5-13;/h6-11,13-14,21H,12H2,1-5H3,(H,27,31)(H,28,30);4-9,11-12,17H,10H2,1-3H3,(H,23,26)(H,24,25);1H4. The van der Waals surface area contributed by atoms with Crippen LogP contribution >= 0.6 is 39.1 Å². The van der Waals surface area contributed by atoms with E-state index in [2.05, 4.69) is 42.4 Å². The van der Waals surface area contributed by atoms with Crippen LogP contribution in [0.3, 0.4) is 0 Å². The van der Waals surface area contributed by atoms with Crippen LogP contribution in [0.4, 0.5) is 0 Å². The Morgan fingerprint density at radius 1 is 0.672 bits per heavy atom. The van der Waals surface area contributed by atoms with Gasteiger partial charge in [0.2, 0.25) is 11.8 Å². The summed E-state index contributed by atoms with van der Waals surface area (Å²) < 4.78 is 17.4. The van der Waals surface area contributed by atoms with Crippen LogP contribution in [0, 0.1) is 13.8 Å². The molecule has 0 saturated carbocycles. The third-order valence-corrected chi connectivity index (χ3v) is 10.0. The zero-order valence-corrected chi connectivity index (χ0v) is 37.8. The molecule has 0 aliphatic heterocycles. The van der Waals surface area contributed by atoms with Gasteiger partial charge in [-0.1, -0.05) is 88.1 Å². The molecule has 0 spiro atoms. The Morgan fingerprint density at radius 2 is 1.08 bits per heavy atom. The van der Waals surface area contributed by atoms with Crippen LogP contribution in [-0.4, -0.2) is 67.2 Å². The van der Waals surface area contributed by atoms with Crippen molar-refractivity contribution >= 4 is 62.8 Å².